The molecule has 0 aliphatic carbocycles. The lowest BCUT2D eigenvalue weighted by molar-refractivity contribution is 0.0947. The molecule has 2 aromatic rings. The van der Waals surface area contributed by atoms with Gasteiger partial charge in [0.1, 0.15) is 10.6 Å². The van der Waals surface area contributed by atoms with Crippen molar-refractivity contribution in [2.75, 3.05) is 13.2 Å². The van der Waals surface area contributed by atoms with Gasteiger partial charge in [-0.1, -0.05) is 30.3 Å². The highest BCUT2D eigenvalue weighted by molar-refractivity contribution is 7.17. The first-order valence-electron chi connectivity index (χ1n) is 7.30. The van der Waals surface area contributed by atoms with Gasteiger partial charge in [-0.3, -0.25) is 4.79 Å². The normalized spacial score (nSPS) is 10.8. The van der Waals surface area contributed by atoms with Gasteiger partial charge < -0.3 is 15.8 Å². The number of hydrogen-bond donors (Lipinski definition) is 2. The average Bonchev–Trinajstić information content (AvgIpc) is 2.89. The molecule has 1 heterocycles. The summed E-state index contributed by atoms with van der Waals surface area (Å²) in [5.41, 5.74) is 6.54. The largest absolute Gasteiger partial charge is 0.492 e. The molecular formula is C17H23ClN2O2S. The van der Waals surface area contributed by atoms with Crippen LogP contribution in [0.1, 0.15) is 30.4 Å². The quantitative estimate of drug-likeness (QED) is 0.831. The van der Waals surface area contributed by atoms with E-state index in [2.05, 4.69) is 5.32 Å². The first-order valence-corrected chi connectivity index (χ1v) is 8.11. The second-order valence-corrected chi connectivity index (χ2v) is 6.83. The third-order valence-corrected chi connectivity index (χ3v) is 4.13. The molecule has 1 amide bonds. The molecule has 0 atom stereocenters. The summed E-state index contributed by atoms with van der Waals surface area (Å²) in [5.74, 6) is 0.479. The van der Waals surface area contributed by atoms with Crippen LogP contribution in [-0.2, 0) is 0 Å². The molecule has 23 heavy (non-hydrogen) atoms. The molecule has 1 aromatic heterocycles. The Morgan fingerprint density at radius 3 is 2.52 bits per heavy atom. The topological polar surface area (TPSA) is 64.3 Å². The van der Waals surface area contributed by atoms with Gasteiger partial charge in [-0.2, -0.15) is 0 Å². The minimum Gasteiger partial charge on any atom is -0.492 e. The zero-order valence-electron chi connectivity index (χ0n) is 13.6. The van der Waals surface area contributed by atoms with E-state index in [9.17, 15) is 4.79 Å². The highest BCUT2D eigenvalue weighted by Gasteiger charge is 2.20. The van der Waals surface area contributed by atoms with Crippen molar-refractivity contribution in [2.24, 2.45) is 5.73 Å². The lowest BCUT2D eigenvalue weighted by Gasteiger charge is -2.18. The maximum Gasteiger partial charge on any atom is 0.265 e. The van der Waals surface area contributed by atoms with Crippen molar-refractivity contribution in [2.45, 2.75) is 26.3 Å². The average molecular weight is 355 g/mol. The molecule has 3 N–H and O–H groups in total. The van der Waals surface area contributed by atoms with E-state index in [1.54, 1.807) is 0 Å². The number of benzene rings is 1. The number of halogens is 1. The first kappa shape index (κ1) is 19.5. The molecule has 0 saturated heterocycles. The van der Waals surface area contributed by atoms with Gasteiger partial charge in [0.15, 0.2) is 0 Å². The number of ether oxygens (including phenoxy) is 1. The lowest BCUT2D eigenvalue weighted by atomic mass is 10.1. The molecule has 1 aromatic carbocycles. The predicted molar refractivity (Wildman–Crippen MR) is 98.8 cm³/mol. The van der Waals surface area contributed by atoms with Gasteiger partial charge in [0.05, 0.1) is 6.61 Å². The van der Waals surface area contributed by atoms with Gasteiger partial charge in [0.25, 0.3) is 5.91 Å². The fraction of sp³-hybridized carbons (Fsp3) is 0.353. The molecule has 0 radical (unpaired) electrons. The van der Waals surface area contributed by atoms with E-state index in [1.807, 2.05) is 57.2 Å². The fourth-order valence-electron chi connectivity index (χ4n) is 1.93. The molecular weight excluding hydrogens is 332 g/mol. The van der Waals surface area contributed by atoms with Crippen molar-refractivity contribution in [3.05, 3.63) is 41.3 Å². The molecule has 4 nitrogen and oxygen atoms in total. The second-order valence-electron chi connectivity index (χ2n) is 5.77. The van der Waals surface area contributed by atoms with Gasteiger partial charge >= 0.3 is 0 Å². The van der Waals surface area contributed by atoms with Gasteiger partial charge in [0.2, 0.25) is 0 Å². The fourth-order valence-corrected chi connectivity index (χ4v) is 2.95. The van der Waals surface area contributed by atoms with Crippen molar-refractivity contribution >= 4 is 29.7 Å². The van der Waals surface area contributed by atoms with Crippen LogP contribution in [0.5, 0.6) is 5.75 Å². The zero-order valence-corrected chi connectivity index (χ0v) is 15.2. The van der Waals surface area contributed by atoms with Gasteiger partial charge in [-0.15, -0.1) is 23.7 Å². The Bertz CT molecular complexity index is 636. The van der Waals surface area contributed by atoms with E-state index < -0.39 is 5.54 Å². The van der Waals surface area contributed by atoms with Crippen molar-refractivity contribution in [1.82, 2.24) is 5.32 Å². The minimum atomic E-state index is -0.443. The van der Waals surface area contributed by atoms with Crippen LogP contribution in [0.3, 0.4) is 0 Å². The predicted octanol–water partition coefficient (Wildman–Crippen LogP) is 3.70. The maximum absolute atomic E-state index is 12.4. The summed E-state index contributed by atoms with van der Waals surface area (Å²) in [5, 5.41) is 2.87. The molecule has 0 bridgehead atoms. The number of rotatable bonds is 6. The molecule has 0 fully saturated rings. The monoisotopic (exact) mass is 354 g/mol. The van der Waals surface area contributed by atoms with Gasteiger partial charge in [-0.05, 0) is 32.4 Å². The molecule has 0 saturated carbocycles. The summed E-state index contributed by atoms with van der Waals surface area (Å²) in [6.07, 6.45) is 0. The zero-order chi connectivity index (χ0) is 16.2. The van der Waals surface area contributed by atoms with E-state index in [1.165, 1.54) is 11.3 Å². The Hall–Kier alpha value is -1.56. The Morgan fingerprint density at radius 2 is 1.96 bits per heavy atom. The van der Waals surface area contributed by atoms with Crippen LogP contribution >= 0.6 is 23.7 Å². The van der Waals surface area contributed by atoms with Gasteiger partial charge in [0, 0.05) is 17.0 Å². The van der Waals surface area contributed by atoms with Crippen LogP contribution in [-0.4, -0.2) is 24.6 Å². The van der Waals surface area contributed by atoms with E-state index in [-0.39, 0.29) is 18.3 Å². The number of thiophene rings is 1. The first-order chi connectivity index (χ1) is 10.4. The Kier molecular flexibility index (Phi) is 7.06. The van der Waals surface area contributed by atoms with E-state index in [0.717, 1.165) is 10.4 Å². The highest BCUT2D eigenvalue weighted by atomic mass is 35.5. The number of carbonyl (C=O) groups is 1. The lowest BCUT2D eigenvalue weighted by Crippen LogP contribution is -2.45. The smallest absolute Gasteiger partial charge is 0.265 e. The number of amides is 1. The number of nitrogens with two attached hydrogens (primary N) is 1. The number of hydrogen-bond acceptors (Lipinski definition) is 4. The van der Waals surface area contributed by atoms with E-state index >= 15 is 0 Å². The minimum absolute atomic E-state index is 0. The summed E-state index contributed by atoms with van der Waals surface area (Å²) in [6.45, 7) is 6.59. The Morgan fingerprint density at radius 1 is 1.30 bits per heavy atom. The molecule has 0 aliphatic heterocycles. The van der Waals surface area contributed by atoms with E-state index in [4.69, 9.17) is 10.5 Å². The Labute approximate surface area is 147 Å². The van der Waals surface area contributed by atoms with Crippen LogP contribution in [0.2, 0.25) is 0 Å². The van der Waals surface area contributed by atoms with Crippen molar-refractivity contribution in [3.63, 3.8) is 0 Å². The molecule has 2 rings (SSSR count). The van der Waals surface area contributed by atoms with Crippen LogP contribution in [0.15, 0.2) is 36.4 Å². The van der Waals surface area contributed by atoms with Crippen LogP contribution in [0.25, 0.3) is 10.4 Å². The van der Waals surface area contributed by atoms with Crippen LogP contribution in [0.4, 0.5) is 0 Å². The second kappa shape index (κ2) is 8.34. The van der Waals surface area contributed by atoms with Crippen molar-refractivity contribution in [1.29, 1.82) is 0 Å². The standard InChI is InChI=1S/C17H22N2O2S.ClH/c1-4-21-13-10-14(12-8-6-5-7-9-12)22-15(13)16(20)19-11-17(2,3)18;/h5-10H,4,11,18H2,1-3H3,(H,19,20);1H. The summed E-state index contributed by atoms with van der Waals surface area (Å²) in [4.78, 5) is 14.0. The third-order valence-electron chi connectivity index (χ3n) is 2.97. The highest BCUT2D eigenvalue weighted by Crippen LogP contribution is 2.36. The van der Waals surface area contributed by atoms with E-state index in [0.29, 0.717) is 23.8 Å². The van der Waals surface area contributed by atoms with Crippen molar-refractivity contribution < 1.29 is 9.53 Å². The summed E-state index contributed by atoms with van der Waals surface area (Å²) in [6, 6.07) is 11.9. The third kappa shape index (κ3) is 5.53. The maximum atomic E-state index is 12.4. The van der Waals surface area contributed by atoms with Gasteiger partial charge in [-0.25, -0.2) is 0 Å². The number of carbonyl (C=O) groups excluding carboxylic acids is 1. The molecule has 6 heteroatoms. The SMILES string of the molecule is CCOc1cc(-c2ccccc2)sc1C(=O)NCC(C)(C)N.Cl. The summed E-state index contributed by atoms with van der Waals surface area (Å²) < 4.78 is 5.61. The number of nitrogens with one attached hydrogen (secondary N) is 1. The molecule has 0 aliphatic rings. The molecule has 0 unspecified atom stereocenters. The van der Waals surface area contributed by atoms with Crippen LogP contribution in [0, 0.1) is 0 Å². The summed E-state index contributed by atoms with van der Waals surface area (Å²) >= 11 is 1.43. The molecule has 126 valence electrons. The van der Waals surface area contributed by atoms with Crippen molar-refractivity contribution in [3.8, 4) is 16.2 Å². The molecule has 0 spiro atoms. The summed E-state index contributed by atoms with van der Waals surface area (Å²) in [7, 11) is 0. The Balaban J connectivity index is 0.00000264. The van der Waals surface area contributed by atoms with Crippen LogP contribution < -0.4 is 15.8 Å².